The molecule has 1 saturated carbocycles. The molecular weight excluding hydrogens is 301 g/mol. The fraction of sp³-hybridized carbons (Fsp3) is 1.00. The van der Waals surface area contributed by atoms with Gasteiger partial charge in [-0.2, -0.15) is 0 Å². The topological polar surface area (TPSA) is 9.72 Å². The molecule has 0 amide bonds. The number of rotatable bonds is 7. The average Bonchev–Trinajstić information content (AvgIpc) is 3.29. The summed E-state index contributed by atoms with van der Waals surface area (Å²) in [5.74, 6) is 0.791. The van der Waals surface area contributed by atoms with Crippen LogP contribution in [0.3, 0.4) is 0 Å². The summed E-state index contributed by atoms with van der Waals surface area (Å²) in [7, 11) is 0. The first kappa shape index (κ1) is 18.6. The lowest BCUT2D eigenvalue weighted by atomic mass is 9.89. The zero-order valence-electron chi connectivity index (χ0n) is 16.2. The highest BCUT2D eigenvalue weighted by atomic mass is 19.1. The van der Waals surface area contributed by atoms with Crippen LogP contribution < -0.4 is 0 Å². The fourth-order valence-electron chi connectivity index (χ4n) is 4.88. The highest BCUT2D eigenvalue weighted by Gasteiger charge is 2.45. The summed E-state index contributed by atoms with van der Waals surface area (Å²) in [6.45, 7) is 16.1. The number of alkyl halides is 1. The molecule has 2 saturated heterocycles. The molecule has 0 aromatic heterocycles. The summed E-state index contributed by atoms with van der Waals surface area (Å²) in [5, 5.41) is 0. The third-order valence-corrected chi connectivity index (χ3v) is 6.53. The summed E-state index contributed by atoms with van der Waals surface area (Å²) >= 11 is 0. The predicted molar refractivity (Wildman–Crippen MR) is 99.2 cm³/mol. The summed E-state index contributed by atoms with van der Waals surface area (Å²) in [5.41, 5.74) is -0.361. The van der Waals surface area contributed by atoms with E-state index >= 15 is 4.39 Å². The Labute approximate surface area is 148 Å². The SMILES string of the molecule is CCN1CCN(CC2(F)CCN(CC3(CC(C)C)CC3)CC2)CC1. The van der Waals surface area contributed by atoms with Crippen LogP contribution in [0.25, 0.3) is 0 Å². The molecule has 3 nitrogen and oxygen atoms in total. The smallest absolute Gasteiger partial charge is 0.126 e. The second-order valence-electron chi connectivity index (χ2n) is 9.24. The molecule has 2 heterocycles. The Morgan fingerprint density at radius 1 is 0.792 bits per heavy atom. The van der Waals surface area contributed by atoms with Crippen molar-refractivity contribution in [3.05, 3.63) is 0 Å². The van der Waals surface area contributed by atoms with Gasteiger partial charge in [-0.05, 0) is 50.0 Å². The number of halogens is 1. The van der Waals surface area contributed by atoms with Crippen LogP contribution in [0.15, 0.2) is 0 Å². The van der Waals surface area contributed by atoms with Crippen LogP contribution in [0.1, 0.15) is 52.9 Å². The maximum Gasteiger partial charge on any atom is 0.126 e. The Balaban J connectivity index is 1.41. The third-order valence-electron chi connectivity index (χ3n) is 6.53. The van der Waals surface area contributed by atoms with Crippen LogP contribution >= 0.6 is 0 Å². The number of hydrogen-bond acceptors (Lipinski definition) is 3. The summed E-state index contributed by atoms with van der Waals surface area (Å²) < 4.78 is 15.3. The number of piperidine rings is 1. The number of piperazine rings is 1. The average molecular weight is 340 g/mol. The molecule has 0 unspecified atom stereocenters. The molecule has 4 heteroatoms. The van der Waals surface area contributed by atoms with Crippen molar-refractivity contribution in [1.82, 2.24) is 14.7 Å². The third kappa shape index (κ3) is 4.92. The van der Waals surface area contributed by atoms with Crippen LogP contribution in [0, 0.1) is 11.3 Å². The van der Waals surface area contributed by atoms with Gasteiger partial charge in [0.15, 0.2) is 0 Å². The van der Waals surface area contributed by atoms with Crippen LogP contribution in [0.4, 0.5) is 4.39 Å². The highest BCUT2D eigenvalue weighted by Crippen LogP contribution is 2.51. The minimum absolute atomic E-state index is 0.584. The van der Waals surface area contributed by atoms with Gasteiger partial charge in [0.1, 0.15) is 5.67 Å². The first-order valence-corrected chi connectivity index (χ1v) is 10.3. The predicted octanol–water partition coefficient (Wildman–Crippen LogP) is 3.25. The van der Waals surface area contributed by atoms with Gasteiger partial charge in [-0.25, -0.2) is 4.39 Å². The van der Waals surface area contributed by atoms with Crippen molar-refractivity contribution in [3.63, 3.8) is 0 Å². The van der Waals surface area contributed by atoms with Gasteiger partial charge in [-0.3, -0.25) is 4.90 Å². The van der Waals surface area contributed by atoms with E-state index in [0.29, 0.717) is 12.0 Å². The van der Waals surface area contributed by atoms with Crippen molar-refractivity contribution in [3.8, 4) is 0 Å². The molecule has 0 aromatic rings. The Morgan fingerprint density at radius 2 is 1.33 bits per heavy atom. The lowest BCUT2D eigenvalue weighted by molar-refractivity contribution is 0.00507. The monoisotopic (exact) mass is 339 g/mol. The van der Waals surface area contributed by atoms with E-state index in [9.17, 15) is 0 Å². The second-order valence-corrected chi connectivity index (χ2v) is 9.24. The molecule has 140 valence electrons. The molecule has 0 radical (unpaired) electrons. The Morgan fingerprint density at radius 3 is 1.83 bits per heavy atom. The lowest BCUT2D eigenvalue weighted by Crippen LogP contribution is -2.53. The van der Waals surface area contributed by atoms with Crippen LogP contribution in [0.2, 0.25) is 0 Å². The molecule has 0 atom stereocenters. The molecule has 0 N–H and O–H groups in total. The number of likely N-dealkylation sites (N-methyl/N-ethyl adjacent to an activating group) is 1. The van der Waals surface area contributed by atoms with Gasteiger partial charge >= 0.3 is 0 Å². The summed E-state index contributed by atoms with van der Waals surface area (Å²) in [4.78, 5) is 7.39. The van der Waals surface area contributed by atoms with Crippen LogP contribution in [0.5, 0.6) is 0 Å². The van der Waals surface area contributed by atoms with E-state index in [1.165, 1.54) is 25.8 Å². The maximum atomic E-state index is 15.3. The van der Waals surface area contributed by atoms with Gasteiger partial charge < -0.3 is 9.80 Å². The molecule has 0 aromatic carbocycles. The van der Waals surface area contributed by atoms with Gasteiger partial charge in [-0.1, -0.05) is 20.8 Å². The van der Waals surface area contributed by atoms with Crippen LogP contribution in [-0.2, 0) is 0 Å². The standard InChI is InChI=1S/C20H38FN3/c1-4-22-11-13-24(14-12-22)17-20(21)7-9-23(10-8-20)16-19(5-6-19)15-18(2)3/h18H,4-17H2,1-3H3. The molecule has 1 aliphatic carbocycles. The summed E-state index contributed by atoms with van der Waals surface area (Å²) in [6, 6.07) is 0. The molecule has 0 bridgehead atoms. The van der Waals surface area contributed by atoms with Crippen molar-refractivity contribution in [2.45, 2.75) is 58.5 Å². The molecular formula is C20H38FN3. The zero-order chi connectivity index (χ0) is 17.2. The van der Waals surface area contributed by atoms with E-state index in [1.54, 1.807) is 0 Å². The highest BCUT2D eigenvalue weighted by molar-refractivity contribution is 4.98. The second kappa shape index (κ2) is 7.59. The van der Waals surface area contributed by atoms with Crippen LogP contribution in [-0.4, -0.2) is 79.3 Å². The van der Waals surface area contributed by atoms with Crippen molar-refractivity contribution in [1.29, 1.82) is 0 Å². The minimum atomic E-state index is -0.945. The minimum Gasteiger partial charge on any atom is -0.303 e. The van der Waals surface area contributed by atoms with E-state index < -0.39 is 5.67 Å². The van der Waals surface area contributed by atoms with E-state index in [4.69, 9.17) is 0 Å². The number of nitrogens with zero attached hydrogens (tertiary/aromatic N) is 3. The van der Waals surface area contributed by atoms with E-state index in [1.807, 2.05) is 0 Å². The maximum absolute atomic E-state index is 15.3. The lowest BCUT2D eigenvalue weighted by Gasteiger charge is -2.42. The zero-order valence-corrected chi connectivity index (χ0v) is 16.2. The van der Waals surface area contributed by atoms with E-state index in [0.717, 1.165) is 64.6 Å². The molecule has 3 fully saturated rings. The van der Waals surface area contributed by atoms with Gasteiger partial charge in [0.25, 0.3) is 0 Å². The first-order valence-electron chi connectivity index (χ1n) is 10.3. The fourth-order valence-corrected chi connectivity index (χ4v) is 4.88. The largest absolute Gasteiger partial charge is 0.303 e. The number of likely N-dealkylation sites (tertiary alicyclic amines) is 1. The van der Waals surface area contributed by atoms with Crippen molar-refractivity contribution < 1.29 is 4.39 Å². The summed E-state index contributed by atoms with van der Waals surface area (Å²) in [6.07, 6.45) is 5.61. The van der Waals surface area contributed by atoms with Crippen molar-refractivity contribution >= 4 is 0 Å². The molecule has 2 aliphatic heterocycles. The van der Waals surface area contributed by atoms with Gasteiger partial charge in [-0.15, -0.1) is 0 Å². The molecule has 24 heavy (non-hydrogen) atoms. The first-order chi connectivity index (χ1) is 11.4. The van der Waals surface area contributed by atoms with E-state index in [-0.39, 0.29) is 0 Å². The van der Waals surface area contributed by atoms with Gasteiger partial charge in [0.2, 0.25) is 0 Å². The quantitative estimate of drug-likeness (QED) is 0.705. The Kier molecular flexibility index (Phi) is 5.88. The molecule has 0 spiro atoms. The van der Waals surface area contributed by atoms with Crippen molar-refractivity contribution in [2.24, 2.45) is 11.3 Å². The number of hydrogen-bond donors (Lipinski definition) is 0. The molecule has 3 rings (SSSR count). The van der Waals surface area contributed by atoms with Crippen molar-refractivity contribution in [2.75, 3.05) is 58.9 Å². The normalized spacial score (nSPS) is 28.4. The van der Waals surface area contributed by atoms with Gasteiger partial charge in [0, 0.05) is 52.4 Å². The van der Waals surface area contributed by atoms with Gasteiger partial charge in [0.05, 0.1) is 0 Å². The molecule has 3 aliphatic rings. The Bertz CT molecular complexity index is 392. The van der Waals surface area contributed by atoms with E-state index in [2.05, 4.69) is 35.5 Å². The Hall–Kier alpha value is -0.190.